The monoisotopic (exact) mass is 566 g/mol. The summed E-state index contributed by atoms with van der Waals surface area (Å²) >= 11 is 7.12. The Labute approximate surface area is 225 Å². The van der Waals surface area contributed by atoms with Gasteiger partial charge in [-0.25, -0.2) is 19.3 Å². The first-order valence-electron chi connectivity index (χ1n) is 9.96. The maximum Gasteiger partial charge on any atom is 0.258 e. The molecular formula is C23H18Cl3FN6O2S. The SMILES string of the molecule is Cc1ccc2c(Nc3ccc(O)c(Cl)c3F)nccc2c1NC(=O)c1csc2c(N)ncnc12.Cl.Cl. The fraction of sp³-hybridized carbons (Fsp3) is 0.0435. The van der Waals surface area contributed by atoms with Gasteiger partial charge < -0.3 is 21.5 Å². The lowest BCUT2D eigenvalue weighted by Gasteiger charge is -2.15. The summed E-state index contributed by atoms with van der Waals surface area (Å²) in [5, 5.41) is 18.1. The van der Waals surface area contributed by atoms with Crippen LogP contribution in [0.4, 0.5) is 27.4 Å². The Morgan fingerprint density at radius 3 is 2.67 bits per heavy atom. The summed E-state index contributed by atoms with van der Waals surface area (Å²) < 4.78 is 15.2. The predicted molar refractivity (Wildman–Crippen MR) is 147 cm³/mol. The number of nitrogen functional groups attached to an aromatic ring is 1. The molecule has 2 aromatic carbocycles. The number of anilines is 4. The van der Waals surface area contributed by atoms with Crippen molar-refractivity contribution in [2.45, 2.75) is 6.92 Å². The number of phenolic OH excluding ortho intramolecular Hbond substituents is 1. The van der Waals surface area contributed by atoms with Crippen LogP contribution in [0, 0.1) is 12.7 Å². The van der Waals surface area contributed by atoms with Crippen molar-refractivity contribution in [1.29, 1.82) is 0 Å². The maximum absolute atomic E-state index is 14.5. The number of aryl methyl sites for hydroxylation is 1. The molecule has 5 rings (SSSR count). The molecule has 5 aromatic rings. The van der Waals surface area contributed by atoms with Crippen LogP contribution in [0.1, 0.15) is 15.9 Å². The molecule has 3 aromatic heterocycles. The number of carbonyl (C=O) groups excluding carboxylic acids is 1. The number of thiophene rings is 1. The molecule has 3 heterocycles. The van der Waals surface area contributed by atoms with E-state index in [-0.39, 0.29) is 47.2 Å². The van der Waals surface area contributed by atoms with E-state index < -0.39 is 5.82 Å². The largest absolute Gasteiger partial charge is 0.506 e. The second kappa shape index (κ2) is 10.7. The molecule has 13 heteroatoms. The fourth-order valence-electron chi connectivity index (χ4n) is 3.60. The highest BCUT2D eigenvalue weighted by Crippen LogP contribution is 2.36. The van der Waals surface area contributed by atoms with E-state index in [0.717, 1.165) is 5.56 Å². The first kappa shape index (κ1) is 27.2. The standard InChI is InChI=1S/C23H16ClFN6O2S.2ClH/c1-10-2-3-12-11(6-7-27-22(12)30-14-4-5-15(32)16(24)17(14)25)18(10)31-23(33)13-8-34-20-19(13)28-9-29-21(20)26;;/h2-9,32H,1H3,(H,27,30)(H,31,33)(H2,26,28,29);2*1H. The van der Waals surface area contributed by atoms with Crippen LogP contribution in [0.2, 0.25) is 5.02 Å². The maximum atomic E-state index is 14.5. The predicted octanol–water partition coefficient (Wildman–Crippen LogP) is 6.47. The second-order valence-electron chi connectivity index (χ2n) is 7.44. The van der Waals surface area contributed by atoms with E-state index in [1.54, 1.807) is 17.6 Å². The number of phenols is 1. The number of aromatic hydroxyl groups is 1. The van der Waals surface area contributed by atoms with E-state index in [1.807, 2.05) is 19.1 Å². The summed E-state index contributed by atoms with van der Waals surface area (Å²) in [4.78, 5) is 25.7. The third-order valence-electron chi connectivity index (χ3n) is 5.33. The van der Waals surface area contributed by atoms with Gasteiger partial charge in [-0.2, -0.15) is 0 Å². The molecule has 0 saturated carbocycles. The number of carbonyl (C=O) groups is 1. The highest BCUT2D eigenvalue weighted by molar-refractivity contribution is 7.18. The number of pyridine rings is 1. The minimum absolute atomic E-state index is 0. The van der Waals surface area contributed by atoms with Gasteiger partial charge in [0.2, 0.25) is 0 Å². The van der Waals surface area contributed by atoms with E-state index >= 15 is 0 Å². The zero-order chi connectivity index (χ0) is 24.0. The first-order chi connectivity index (χ1) is 16.3. The van der Waals surface area contributed by atoms with Crippen LogP contribution < -0.4 is 16.4 Å². The number of hydrogen-bond acceptors (Lipinski definition) is 8. The lowest BCUT2D eigenvalue weighted by atomic mass is 10.0. The van der Waals surface area contributed by atoms with Gasteiger partial charge in [0.25, 0.3) is 5.91 Å². The van der Waals surface area contributed by atoms with Crippen LogP contribution in [0.15, 0.2) is 48.2 Å². The Morgan fingerprint density at radius 1 is 1.11 bits per heavy atom. The van der Waals surface area contributed by atoms with Crippen molar-refractivity contribution < 1.29 is 14.3 Å². The Bertz CT molecular complexity index is 1610. The highest BCUT2D eigenvalue weighted by Gasteiger charge is 2.19. The van der Waals surface area contributed by atoms with Crippen molar-refractivity contribution in [3.05, 3.63) is 70.2 Å². The van der Waals surface area contributed by atoms with E-state index in [4.69, 9.17) is 17.3 Å². The number of aromatic nitrogens is 3. The minimum atomic E-state index is -0.799. The van der Waals surface area contributed by atoms with Crippen LogP contribution in [0.3, 0.4) is 0 Å². The second-order valence-corrected chi connectivity index (χ2v) is 8.70. The Kier molecular flexibility index (Phi) is 8.05. The van der Waals surface area contributed by atoms with E-state index in [9.17, 15) is 14.3 Å². The van der Waals surface area contributed by atoms with Gasteiger partial charge in [0.1, 0.15) is 28.7 Å². The van der Waals surface area contributed by atoms with Gasteiger partial charge in [0.15, 0.2) is 5.82 Å². The van der Waals surface area contributed by atoms with Gasteiger partial charge in [0, 0.05) is 22.3 Å². The van der Waals surface area contributed by atoms with Gasteiger partial charge in [-0.15, -0.1) is 36.2 Å². The number of hydrogen-bond donors (Lipinski definition) is 4. The quantitative estimate of drug-likeness (QED) is 0.183. The molecule has 5 N–H and O–H groups in total. The van der Waals surface area contributed by atoms with Crippen LogP contribution in [0.5, 0.6) is 5.75 Å². The van der Waals surface area contributed by atoms with Crippen molar-refractivity contribution in [2.24, 2.45) is 0 Å². The molecule has 0 aliphatic carbocycles. The number of benzene rings is 2. The molecule has 0 unspecified atom stereocenters. The van der Waals surface area contributed by atoms with Crippen LogP contribution in [-0.2, 0) is 0 Å². The molecule has 0 aliphatic rings. The zero-order valence-corrected chi connectivity index (χ0v) is 21.6. The fourth-order valence-corrected chi connectivity index (χ4v) is 4.67. The van der Waals surface area contributed by atoms with Crippen molar-refractivity contribution in [3.63, 3.8) is 0 Å². The van der Waals surface area contributed by atoms with Crippen LogP contribution >= 0.6 is 47.8 Å². The molecule has 0 spiro atoms. The number of nitrogens with two attached hydrogens (primary N) is 1. The Balaban J connectivity index is 0.00000180. The van der Waals surface area contributed by atoms with Crippen molar-refractivity contribution >= 4 is 97.7 Å². The number of halogens is 4. The number of fused-ring (bicyclic) bond motifs is 2. The van der Waals surface area contributed by atoms with E-state index in [0.29, 0.717) is 43.9 Å². The van der Waals surface area contributed by atoms with Crippen LogP contribution in [-0.4, -0.2) is 26.0 Å². The highest BCUT2D eigenvalue weighted by atomic mass is 35.5. The average molecular weight is 568 g/mol. The molecule has 186 valence electrons. The van der Waals surface area contributed by atoms with Crippen molar-refractivity contribution in [2.75, 3.05) is 16.4 Å². The summed E-state index contributed by atoms with van der Waals surface area (Å²) in [6.07, 6.45) is 2.87. The van der Waals surface area contributed by atoms with E-state index in [1.165, 1.54) is 29.8 Å². The molecule has 0 bridgehead atoms. The van der Waals surface area contributed by atoms with Gasteiger partial charge >= 0.3 is 0 Å². The molecule has 0 atom stereocenters. The third kappa shape index (κ3) is 4.68. The molecule has 8 nitrogen and oxygen atoms in total. The lowest BCUT2D eigenvalue weighted by molar-refractivity contribution is 0.102. The van der Waals surface area contributed by atoms with Gasteiger partial charge in [-0.3, -0.25) is 4.79 Å². The number of rotatable bonds is 4. The van der Waals surface area contributed by atoms with Gasteiger partial charge in [0.05, 0.1) is 27.2 Å². The normalized spacial score (nSPS) is 10.5. The molecule has 0 radical (unpaired) electrons. The molecule has 0 saturated heterocycles. The Morgan fingerprint density at radius 2 is 1.89 bits per heavy atom. The molecule has 36 heavy (non-hydrogen) atoms. The van der Waals surface area contributed by atoms with E-state index in [2.05, 4.69) is 25.6 Å². The molecule has 1 amide bonds. The summed E-state index contributed by atoms with van der Waals surface area (Å²) in [6, 6.07) is 8.06. The average Bonchev–Trinajstić information content (AvgIpc) is 3.27. The molecule has 0 aliphatic heterocycles. The molecule has 0 fully saturated rings. The van der Waals surface area contributed by atoms with Crippen molar-refractivity contribution in [1.82, 2.24) is 15.0 Å². The minimum Gasteiger partial charge on any atom is -0.506 e. The smallest absolute Gasteiger partial charge is 0.258 e. The zero-order valence-electron chi connectivity index (χ0n) is 18.4. The summed E-state index contributed by atoms with van der Waals surface area (Å²) in [5.41, 5.74) is 8.22. The van der Waals surface area contributed by atoms with Gasteiger partial charge in [-0.1, -0.05) is 23.7 Å². The first-order valence-corrected chi connectivity index (χ1v) is 11.2. The lowest BCUT2D eigenvalue weighted by Crippen LogP contribution is -2.13. The summed E-state index contributed by atoms with van der Waals surface area (Å²) in [6.45, 7) is 1.87. The summed E-state index contributed by atoms with van der Waals surface area (Å²) in [7, 11) is 0. The Hall–Kier alpha value is -3.44. The number of amides is 1. The third-order valence-corrected chi connectivity index (χ3v) is 6.68. The number of nitrogens with zero attached hydrogens (tertiary/aromatic N) is 3. The van der Waals surface area contributed by atoms with Gasteiger partial charge in [-0.05, 0) is 30.7 Å². The molecular weight excluding hydrogens is 550 g/mol. The van der Waals surface area contributed by atoms with Crippen molar-refractivity contribution in [3.8, 4) is 5.75 Å². The number of nitrogens with one attached hydrogen (secondary N) is 2. The summed E-state index contributed by atoms with van der Waals surface area (Å²) in [5.74, 6) is -0.826. The topological polar surface area (TPSA) is 126 Å². The van der Waals surface area contributed by atoms with Crippen LogP contribution in [0.25, 0.3) is 21.0 Å².